The van der Waals surface area contributed by atoms with E-state index in [0.29, 0.717) is 17.8 Å². The Balaban J connectivity index is 0.000000956. The molecule has 0 amide bonds. The van der Waals surface area contributed by atoms with Gasteiger partial charge < -0.3 is 11.1 Å². The van der Waals surface area contributed by atoms with Gasteiger partial charge in [-0.2, -0.15) is 0 Å². The third kappa shape index (κ3) is 4.39. The fourth-order valence-electron chi connectivity index (χ4n) is 1.53. The summed E-state index contributed by atoms with van der Waals surface area (Å²) in [5, 5.41) is 3.12. The van der Waals surface area contributed by atoms with Crippen molar-refractivity contribution >= 4 is 11.4 Å². The van der Waals surface area contributed by atoms with E-state index in [9.17, 15) is 4.39 Å². The molecule has 0 saturated heterocycles. The fraction of sp³-hybridized carbons (Fsp3) is 0.188. The number of nitrogen functional groups attached to an aromatic ring is 1. The Bertz CT molecular complexity index is 553. The second kappa shape index (κ2) is 7.94. The molecule has 1 aromatic carbocycles. The summed E-state index contributed by atoms with van der Waals surface area (Å²) < 4.78 is 13.3. The third-order valence-corrected chi connectivity index (χ3v) is 2.58. The number of rotatable bonds is 4. The molecule has 0 bridgehead atoms. The minimum absolute atomic E-state index is 0.138. The van der Waals surface area contributed by atoms with Gasteiger partial charge in [0, 0.05) is 30.2 Å². The molecule has 0 aliphatic carbocycles. The summed E-state index contributed by atoms with van der Waals surface area (Å²) in [4.78, 5) is 4.01. The van der Waals surface area contributed by atoms with Crippen molar-refractivity contribution in [1.82, 2.24) is 10.3 Å². The smallest absolute Gasteiger partial charge is 0.146 e. The molecule has 20 heavy (non-hydrogen) atoms. The highest BCUT2D eigenvalue weighted by Crippen LogP contribution is 2.16. The normalized spacial score (nSPS) is 9.35. The Kier molecular flexibility index (Phi) is 6.23. The minimum atomic E-state index is -0.433. The van der Waals surface area contributed by atoms with Crippen LogP contribution in [0.25, 0.3) is 5.70 Å². The number of benzene rings is 1. The molecule has 4 heteroatoms. The molecule has 0 fully saturated rings. The van der Waals surface area contributed by atoms with Crippen LogP contribution >= 0.6 is 0 Å². The molecule has 1 heterocycles. The molecule has 2 aromatic rings. The van der Waals surface area contributed by atoms with Gasteiger partial charge >= 0.3 is 0 Å². The molecule has 0 saturated carbocycles. The summed E-state index contributed by atoms with van der Waals surface area (Å²) in [7, 11) is 0. The van der Waals surface area contributed by atoms with E-state index in [1.54, 1.807) is 18.5 Å². The molecular formula is C16H20FN3. The lowest BCUT2D eigenvalue weighted by molar-refractivity contribution is 0.632. The van der Waals surface area contributed by atoms with Crippen LogP contribution < -0.4 is 11.1 Å². The lowest BCUT2D eigenvalue weighted by Gasteiger charge is -2.10. The van der Waals surface area contributed by atoms with Crippen molar-refractivity contribution in [2.45, 2.75) is 20.4 Å². The van der Waals surface area contributed by atoms with Gasteiger partial charge in [-0.3, -0.25) is 4.98 Å². The van der Waals surface area contributed by atoms with E-state index in [1.807, 2.05) is 26.0 Å². The highest BCUT2D eigenvalue weighted by atomic mass is 19.1. The van der Waals surface area contributed by atoms with Crippen LogP contribution in [0.4, 0.5) is 10.1 Å². The Morgan fingerprint density at radius 2 is 2.10 bits per heavy atom. The van der Waals surface area contributed by atoms with E-state index >= 15 is 0 Å². The average molecular weight is 273 g/mol. The lowest BCUT2D eigenvalue weighted by Crippen LogP contribution is -2.11. The van der Waals surface area contributed by atoms with Gasteiger partial charge in [0.25, 0.3) is 0 Å². The predicted molar refractivity (Wildman–Crippen MR) is 82.3 cm³/mol. The molecule has 0 spiro atoms. The summed E-state index contributed by atoms with van der Waals surface area (Å²) in [5.41, 5.74) is 7.93. The molecule has 0 aliphatic heterocycles. The number of hydrogen-bond donors (Lipinski definition) is 2. The SMILES string of the molecule is C=C(NCc1cccnc1)c1ccc(N)c(F)c1.CC. The van der Waals surface area contributed by atoms with Gasteiger partial charge in [-0.05, 0) is 23.8 Å². The zero-order chi connectivity index (χ0) is 15.0. The van der Waals surface area contributed by atoms with Crippen LogP contribution in [0.5, 0.6) is 0 Å². The quantitative estimate of drug-likeness (QED) is 0.837. The lowest BCUT2D eigenvalue weighted by atomic mass is 10.1. The summed E-state index contributed by atoms with van der Waals surface area (Å²) in [5.74, 6) is -0.433. The Hall–Kier alpha value is -2.36. The van der Waals surface area contributed by atoms with Gasteiger partial charge in [0.05, 0.1) is 5.69 Å². The summed E-state index contributed by atoms with van der Waals surface area (Å²) in [6.07, 6.45) is 3.48. The third-order valence-electron chi connectivity index (χ3n) is 2.58. The topological polar surface area (TPSA) is 50.9 Å². The van der Waals surface area contributed by atoms with Crippen molar-refractivity contribution in [3.05, 3.63) is 66.2 Å². The van der Waals surface area contributed by atoms with Crippen LogP contribution in [0, 0.1) is 5.82 Å². The Labute approximate surface area is 119 Å². The van der Waals surface area contributed by atoms with E-state index in [-0.39, 0.29) is 5.69 Å². The number of anilines is 1. The number of hydrogen-bond acceptors (Lipinski definition) is 3. The highest BCUT2D eigenvalue weighted by molar-refractivity contribution is 5.63. The molecule has 106 valence electrons. The van der Waals surface area contributed by atoms with Crippen LogP contribution in [0.15, 0.2) is 49.3 Å². The van der Waals surface area contributed by atoms with Crippen molar-refractivity contribution in [2.75, 3.05) is 5.73 Å². The van der Waals surface area contributed by atoms with Crippen molar-refractivity contribution in [3.8, 4) is 0 Å². The first-order valence-electron chi connectivity index (χ1n) is 6.54. The highest BCUT2D eigenvalue weighted by Gasteiger charge is 2.03. The number of nitrogens with two attached hydrogens (primary N) is 1. The number of nitrogens with one attached hydrogen (secondary N) is 1. The number of nitrogens with zero attached hydrogens (tertiary/aromatic N) is 1. The van der Waals surface area contributed by atoms with Crippen molar-refractivity contribution in [2.24, 2.45) is 0 Å². The summed E-state index contributed by atoms with van der Waals surface area (Å²) in [6, 6.07) is 8.45. The largest absolute Gasteiger partial charge is 0.396 e. The van der Waals surface area contributed by atoms with Crippen LogP contribution in [-0.4, -0.2) is 4.98 Å². The molecule has 1 aromatic heterocycles. The second-order valence-corrected chi connectivity index (χ2v) is 3.93. The van der Waals surface area contributed by atoms with Gasteiger partial charge in [-0.25, -0.2) is 4.39 Å². The monoisotopic (exact) mass is 273 g/mol. The van der Waals surface area contributed by atoms with Crippen LogP contribution in [-0.2, 0) is 6.54 Å². The zero-order valence-corrected chi connectivity index (χ0v) is 11.9. The molecule has 3 nitrogen and oxygen atoms in total. The van der Waals surface area contributed by atoms with Crippen molar-refractivity contribution in [3.63, 3.8) is 0 Å². The van der Waals surface area contributed by atoms with Crippen molar-refractivity contribution in [1.29, 1.82) is 0 Å². The van der Waals surface area contributed by atoms with Gasteiger partial charge in [-0.15, -0.1) is 0 Å². The van der Waals surface area contributed by atoms with E-state index in [2.05, 4.69) is 16.9 Å². The van der Waals surface area contributed by atoms with E-state index in [1.165, 1.54) is 12.1 Å². The number of halogens is 1. The molecule has 0 radical (unpaired) electrons. The molecule has 0 atom stereocenters. The summed E-state index contributed by atoms with van der Waals surface area (Å²) in [6.45, 7) is 8.47. The van der Waals surface area contributed by atoms with E-state index < -0.39 is 5.82 Å². The second-order valence-electron chi connectivity index (χ2n) is 3.93. The molecule has 3 N–H and O–H groups in total. The Morgan fingerprint density at radius 1 is 1.35 bits per heavy atom. The molecule has 2 rings (SSSR count). The van der Waals surface area contributed by atoms with Crippen LogP contribution in [0.1, 0.15) is 25.0 Å². The average Bonchev–Trinajstić information content (AvgIpc) is 2.50. The maximum absolute atomic E-state index is 13.3. The van der Waals surface area contributed by atoms with Gasteiger partial charge in [-0.1, -0.05) is 32.6 Å². The fourth-order valence-corrected chi connectivity index (χ4v) is 1.53. The van der Waals surface area contributed by atoms with E-state index in [0.717, 1.165) is 5.56 Å². The molecular weight excluding hydrogens is 253 g/mol. The summed E-state index contributed by atoms with van der Waals surface area (Å²) >= 11 is 0. The van der Waals surface area contributed by atoms with Crippen LogP contribution in [0.3, 0.4) is 0 Å². The molecule has 0 unspecified atom stereocenters. The maximum Gasteiger partial charge on any atom is 0.146 e. The van der Waals surface area contributed by atoms with Gasteiger partial charge in [0.2, 0.25) is 0 Å². The van der Waals surface area contributed by atoms with Gasteiger partial charge in [0.1, 0.15) is 5.82 Å². The van der Waals surface area contributed by atoms with E-state index in [4.69, 9.17) is 5.73 Å². The number of aromatic nitrogens is 1. The standard InChI is InChI=1S/C14H14FN3.C2H6/c1-10(12-4-5-14(16)13(15)7-12)18-9-11-3-2-6-17-8-11;1-2/h2-8,18H,1,9,16H2;1-2H3. The first-order chi connectivity index (χ1) is 9.66. The first kappa shape index (κ1) is 15.7. The van der Waals surface area contributed by atoms with Crippen LogP contribution in [0.2, 0.25) is 0 Å². The predicted octanol–water partition coefficient (Wildman–Crippen LogP) is 3.59. The minimum Gasteiger partial charge on any atom is -0.396 e. The molecule has 0 aliphatic rings. The maximum atomic E-state index is 13.3. The van der Waals surface area contributed by atoms with Crippen molar-refractivity contribution < 1.29 is 4.39 Å². The van der Waals surface area contributed by atoms with Gasteiger partial charge in [0.15, 0.2) is 0 Å². The zero-order valence-electron chi connectivity index (χ0n) is 11.9. The number of pyridine rings is 1. The first-order valence-corrected chi connectivity index (χ1v) is 6.54. The Morgan fingerprint density at radius 3 is 2.70 bits per heavy atom.